The van der Waals surface area contributed by atoms with Crippen LogP contribution in [0.3, 0.4) is 0 Å². The average molecular weight is 303 g/mol. The Balaban J connectivity index is 3.89. The fraction of sp³-hybridized carbons (Fsp3) is 0.364. The van der Waals surface area contributed by atoms with Gasteiger partial charge in [0.15, 0.2) is 0 Å². The van der Waals surface area contributed by atoms with Crippen LogP contribution in [0.2, 0.25) is 0 Å². The molecule has 0 N–H and O–H groups in total. The van der Waals surface area contributed by atoms with Crippen molar-refractivity contribution in [1.29, 1.82) is 5.26 Å². The van der Waals surface area contributed by atoms with Gasteiger partial charge in [0, 0.05) is 5.56 Å². The van der Waals surface area contributed by atoms with Gasteiger partial charge in [0.2, 0.25) is 0 Å². The summed E-state index contributed by atoms with van der Waals surface area (Å²) in [6, 6.07) is 1.13. The summed E-state index contributed by atoms with van der Waals surface area (Å²) in [5.74, 6) is -4.74. The van der Waals surface area contributed by atoms with Crippen molar-refractivity contribution < 1.29 is 35.1 Å². The maximum atomic E-state index is 13.6. The average Bonchev–Trinajstić information content (AvgIpc) is 2.22. The van der Waals surface area contributed by atoms with Crippen LogP contribution < -0.4 is 0 Å². The van der Waals surface area contributed by atoms with Gasteiger partial charge in [-0.25, -0.2) is 8.78 Å². The van der Waals surface area contributed by atoms with E-state index in [9.17, 15) is 35.1 Å². The Morgan fingerprint density at radius 3 is 1.70 bits per heavy atom. The van der Waals surface area contributed by atoms with Gasteiger partial charge in [0.05, 0.1) is 18.1 Å². The molecule has 1 aromatic carbocycles. The highest BCUT2D eigenvalue weighted by Crippen LogP contribution is 2.42. The van der Waals surface area contributed by atoms with Crippen molar-refractivity contribution >= 4 is 0 Å². The summed E-state index contributed by atoms with van der Waals surface area (Å²) in [7, 11) is 0. The summed E-state index contributed by atoms with van der Waals surface area (Å²) in [6.45, 7) is 0.452. The van der Waals surface area contributed by atoms with Crippen molar-refractivity contribution in [2.75, 3.05) is 0 Å². The van der Waals surface area contributed by atoms with E-state index in [4.69, 9.17) is 5.26 Å². The monoisotopic (exact) mass is 303 g/mol. The molecule has 0 aliphatic rings. The summed E-state index contributed by atoms with van der Waals surface area (Å²) < 4.78 is 103. The van der Waals surface area contributed by atoms with E-state index in [1.165, 1.54) is 0 Å². The minimum Gasteiger partial charge on any atom is -0.206 e. The van der Waals surface area contributed by atoms with Crippen molar-refractivity contribution in [1.82, 2.24) is 0 Å². The molecule has 0 atom stereocenters. The van der Waals surface area contributed by atoms with Crippen LogP contribution in [-0.2, 0) is 18.8 Å². The third-order valence-electron chi connectivity index (χ3n) is 2.53. The van der Waals surface area contributed by atoms with Crippen LogP contribution in [-0.4, -0.2) is 0 Å². The van der Waals surface area contributed by atoms with E-state index in [0.717, 1.165) is 6.07 Å². The van der Waals surface area contributed by atoms with Crippen molar-refractivity contribution in [3.63, 3.8) is 0 Å². The number of hydrogen-bond acceptors (Lipinski definition) is 1. The highest BCUT2D eigenvalue weighted by molar-refractivity contribution is 5.45. The second kappa shape index (κ2) is 4.92. The molecule has 0 aliphatic carbocycles. The fourth-order valence-electron chi connectivity index (χ4n) is 1.76. The lowest BCUT2D eigenvalue weighted by atomic mass is 9.94. The zero-order valence-electron chi connectivity index (χ0n) is 9.68. The lowest BCUT2D eigenvalue weighted by Crippen LogP contribution is -2.21. The molecule has 0 fully saturated rings. The normalized spacial score (nSPS) is 12.4. The number of rotatable bonds is 1. The lowest BCUT2D eigenvalue weighted by molar-refractivity contribution is -0.146. The number of hydrogen-bond donors (Lipinski definition) is 0. The molecule has 0 spiro atoms. The fourth-order valence-corrected chi connectivity index (χ4v) is 1.76. The van der Waals surface area contributed by atoms with Gasteiger partial charge in [-0.3, -0.25) is 0 Å². The minimum atomic E-state index is -5.51. The quantitative estimate of drug-likeness (QED) is 0.706. The van der Waals surface area contributed by atoms with Crippen LogP contribution in [0.4, 0.5) is 35.1 Å². The first-order chi connectivity index (χ1) is 8.92. The van der Waals surface area contributed by atoms with Crippen molar-refractivity contribution in [3.8, 4) is 6.07 Å². The molecule has 0 aliphatic heterocycles. The molecule has 1 rings (SSSR count). The van der Waals surface area contributed by atoms with Gasteiger partial charge in [-0.1, -0.05) is 0 Å². The lowest BCUT2D eigenvalue weighted by Gasteiger charge is -2.20. The Hall–Kier alpha value is -1.85. The Morgan fingerprint density at radius 1 is 0.900 bits per heavy atom. The topological polar surface area (TPSA) is 23.8 Å². The van der Waals surface area contributed by atoms with Crippen LogP contribution in [0.1, 0.15) is 22.3 Å². The molecular formula is C11H5F8N. The van der Waals surface area contributed by atoms with E-state index in [2.05, 4.69) is 0 Å². The second-order valence-electron chi connectivity index (χ2n) is 3.81. The van der Waals surface area contributed by atoms with Crippen LogP contribution >= 0.6 is 0 Å². The molecule has 0 unspecified atom stereocenters. The SMILES string of the molecule is Cc1c(F)c(C(F)(F)F)c(F)c(CC#N)c1C(F)(F)F. The first-order valence-electron chi connectivity index (χ1n) is 4.94. The third-order valence-corrected chi connectivity index (χ3v) is 2.53. The molecule has 110 valence electrons. The number of benzene rings is 1. The maximum absolute atomic E-state index is 13.6. The Bertz CT molecular complexity index is 576. The Labute approximate surface area is 107 Å². The van der Waals surface area contributed by atoms with Gasteiger partial charge in [0.1, 0.15) is 17.2 Å². The van der Waals surface area contributed by atoms with E-state index in [0.29, 0.717) is 6.92 Å². The molecule has 0 bridgehead atoms. The molecule has 0 radical (unpaired) electrons. The van der Waals surface area contributed by atoms with Crippen LogP contribution in [0.15, 0.2) is 0 Å². The summed E-state index contributed by atoms with van der Waals surface area (Å²) in [5.41, 5.74) is -7.21. The summed E-state index contributed by atoms with van der Waals surface area (Å²) >= 11 is 0. The molecule has 20 heavy (non-hydrogen) atoms. The van der Waals surface area contributed by atoms with E-state index in [-0.39, 0.29) is 0 Å². The second-order valence-corrected chi connectivity index (χ2v) is 3.81. The maximum Gasteiger partial charge on any atom is 0.422 e. The zero-order valence-corrected chi connectivity index (χ0v) is 9.68. The zero-order chi connectivity index (χ0) is 15.9. The van der Waals surface area contributed by atoms with Crippen molar-refractivity contribution in [2.45, 2.75) is 25.7 Å². The molecular weight excluding hydrogens is 298 g/mol. The van der Waals surface area contributed by atoms with Crippen molar-refractivity contribution in [2.24, 2.45) is 0 Å². The standard InChI is InChI=1S/C11H5F8N/c1-4-6(10(14,15)16)5(2-3-20)9(13)7(8(4)12)11(17,18)19/h2H2,1H3. The van der Waals surface area contributed by atoms with Crippen molar-refractivity contribution in [3.05, 3.63) is 33.9 Å². The molecule has 0 amide bonds. The van der Waals surface area contributed by atoms with E-state index in [1.807, 2.05) is 0 Å². The van der Waals surface area contributed by atoms with Crippen LogP contribution in [0.5, 0.6) is 0 Å². The van der Waals surface area contributed by atoms with Gasteiger partial charge < -0.3 is 0 Å². The Kier molecular flexibility index (Phi) is 3.99. The number of nitriles is 1. The van der Waals surface area contributed by atoms with E-state index >= 15 is 0 Å². The van der Waals surface area contributed by atoms with Crippen LogP contribution in [0, 0.1) is 29.9 Å². The van der Waals surface area contributed by atoms with E-state index < -0.39 is 52.7 Å². The predicted molar refractivity (Wildman–Crippen MR) is 50.4 cm³/mol. The summed E-state index contributed by atoms with van der Waals surface area (Å²) in [4.78, 5) is 0. The number of nitrogens with zero attached hydrogens (tertiary/aromatic N) is 1. The first kappa shape index (κ1) is 16.2. The smallest absolute Gasteiger partial charge is 0.206 e. The van der Waals surface area contributed by atoms with E-state index in [1.54, 1.807) is 0 Å². The molecule has 0 saturated heterocycles. The molecule has 9 heteroatoms. The first-order valence-corrected chi connectivity index (χ1v) is 4.94. The number of alkyl halides is 6. The number of halogens is 8. The third kappa shape index (κ3) is 2.69. The van der Waals surface area contributed by atoms with Gasteiger partial charge in [-0.05, 0) is 12.5 Å². The highest BCUT2D eigenvalue weighted by atomic mass is 19.4. The molecule has 0 aromatic heterocycles. The van der Waals surface area contributed by atoms with Gasteiger partial charge >= 0.3 is 12.4 Å². The Morgan fingerprint density at radius 2 is 1.35 bits per heavy atom. The molecule has 0 saturated carbocycles. The predicted octanol–water partition coefficient (Wildman–Crippen LogP) is 4.38. The molecule has 1 nitrogen and oxygen atoms in total. The minimum absolute atomic E-state index is 0.452. The summed E-state index contributed by atoms with van der Waals surface area (Å²) in [6.07, 6.45) is -12.0. The van der Waals surface area contributed by atoms with Crippen LogP contribution in [0.25, 0.3) is 0 Å². The molecule has 0 heterocycles. The summed E-state index contributed by atoms with van der Waals surface area (Å²) in [5, 5.41) is 8.33. The van der Waals surface area contributed by atoms with Gasteiger partial charge in [-0.15, -0.1) is 0 Å². The molecule has 1 aromatic rings. The largest absolute Gasteiger partial charge is 0.422 e. The van der Waals surface area contributed by atoms with Gasteiger partial charge in [0.25, 0.3) is 0 Å². The van der Waals surface area contributed by atoms with Gasteiger partial charge in [-0.2, -0.15) is 31.6 Å². The highest BCUT2D eigenvalue weighted by Gasteiger charge is 2.45.